The molecule has 0 radical (unpaired) electrons. The molecule has 204 valence electrons. The minimum absolute atomic E-state index is 0.0606. The average molecular weight is 509 g/mol. The van der Waals surface area contributed by atoms with Crippen LogP contribution in [0.2, 0.25) is 0 Å². The second kappa shape index (κ2) is 21.8. The van der Waals surface area contributed by atoms with Crippen molar-refractivity contribution in [2.45, 2.75) is 111 Å². The molecule has 0 saturated carbocycles. The van der Waals surface area contributed by atoms with Crippen LogP contribution in [0.15, 0.2) is 0 Å². The van der Waals surface area contributed by atoms with Crippen molar-refractivity contribution < 1.29 is 33.6 Å². The Labute approximate surface area is 209 Å². The number of rotatable bonds is 24. The fourth-order valence-electron chi connectivity index (χ4n) is 4.16. The molecule has 0 amide bonds. The summed E-state index contributed by atoms with van der Waals surface area (Å²) in [7, 11) is -1.85. The lowest BCUT2D eigenvalue weighted by Crippen LogP contribution is -2.80. The molecule has 0 aromatic carbocycles. The third kappa shape index (κ3) is 22.0. The molecule has 0 bridgehead atoms. The van der Waals surface area contributed by atoms with E-state index in [1.165, 1.54) is 77.6 Å². The maximum Gasteiger partial charge on any atom is 0.333 e. The number of nitrogens with two attached hydrogens (primary N) is 1. The van der Waals surface area contributed by atoms with Crippen LogP contribution >= 0.6 is 7.60 Å². The van der Waals surface area contributed by atoms with Gasteiger partial charge in [0.1, 0.15) is 6.10 Å². The van der Waals surface area contributed by atoms with E-state index in [0.29, 0.717) is 25.0 Å². The van der Waals surface area contributed by atoms with Gasteiger partial charge >= 0.3 is 13.6 Å². The number of hydrogen-bond acceptors (Lipinski definition) is 5. The van der Waals surface area contributed by atoms with Crippen molar-refractivity contribution in [2.75, 3.05) is 39.6 Å². The van der Waals surface area contributed by atoms with E-state index in [4.69, 9.17) is 14.0 Å². The molecule has 0 heterocycles. The summed E-state index contributed by atoms with van der Waals surface area (Å²) in [4.78, 5) is 21.2. The highest BCUT2D eigenvalue weighted by molar-refractivity contribution is 7.52. The van der Waals surface area contributed by atoms with Crippen LogP contribution in [-0.2, 0) is 23.4 Å². The summed E-state index contributed by atoms with van der Waals surface area (Å²) in [6.07, 6.45) is 15.4. The van der Waals surface area contributed by atoms with Crippen LogP contribution in [0.1, 0.15) is 105 Å². The van der Waals surface area contributed by atoms with Crippen LogP contribution in [-0.4, -0.2) is 56.5 Å². The molecule has 0 fully saturated rings. The Morgan fingerprint density at radius 2 is 1.50 bits per heavy atom. The molecule has 0 aliphatic rings. The third-order valence-electron chi connectivity index (χ3n) is 6.06. The number of ether oxygens (including phenoxy) is 2. The Kier molecular flexibility index (Phi) is 21.5. The summed E-state index contributed by atoms with van der Waals surface area (Å²) in [5, 5.41) is 1.82. The van der Waals surface area contributed by atoms with Crippen LogP contribution in [0.4, 0.5) is 0 Å². The van der Waals surface area contributed by atoms with Crippen molar-refractivity contribution in [3.63, 3.8) is 0 Å². The van der Waals surface area contributed by atoms with Crippen LogP contribution in [0.25, 0.3) is 0 Å². The van der Waals surface area contributed by atoms with Crippen molar-refractivity contribution in [3.8, 4) is 0 Å². The van der Waals surface area contributed by atoms with Gasteiger partial charge < -0.3 is 24.2 Å². The van der Waals surface area contributed by atoms with Gasteiger partial charge in [-0.2, -0.15) is 0 Å². The summed E-state index contributed by atoms with van der Waals surface area (Å²) in [6.45, 7) is 9.16. The molecule has 0 aromatic heterocycles. The van der Waals surface area contributed by atoms with Crippen LogP contribution in [0.3, 0.4) is 0 Å². The molecule has 0 spiro atoms. The lowest BCUT2D eigenvalue weighted by Gasteiger charge is -2.21. The van der Waals surface area contributed by atoms with Gasteiger partial charge in [-0.15, -0.1) is 0 Å². The van der Waals surface area contributed by atoms with Crippen LogP contribution in [0, 0.1) is 11.8 Å². The zero-order valence-electron chi connectivity index (χ0n) is 22.8. The van der Waals surface area contributed by atoms with Crippen molar-refractivity contribution in [1.29, 1.82) is 0 Å². The van der Waals surface area contributed by atoms with E-state index in [0.717, 1.165) is 6.42 Å². The zero-order chi connectivity index (χ0) is 25.7. The van der Waals surface area contributed by atoms with Gasteiger partial charge in [-0.1, -0.05) is 91.4 Å². The molecular formula is C26H55NO6P+. The molecule has 0 rings (SSSR count). The van der Waals surface area contributed by atoms with Gasteiger partial charge in [-0.25, -0.2) is 0 Å². The van der Waals surface area contributed by atoms with Crippen LogP contribution in [0.5, 0.6) is 0 Å². The van der Waals surface area contributed by atoms with Gasteiger partial charge in [-0.05, 0) is 18.3 Å². The first-order chi connectivity index (χ1) is 16.2. The Bertz CT molecular complexity index is 533. The minimum Gasteiger partial charge on any atom is -0.458 e. The molecule has 0 aromatic rings. The van der Waals surface area contributed by atoms with E-state index in [2.05, 4.69) is 20.8 Å². The Balaban J connectivity index is 3.96. The van der Waals surface area contributed by atoms with Crippen molar-refractivity contribution in [2.24, 2.45) is 11.8 Å². The Morgan fingerprint density at radius 3 is 2.06 bits per heavy atom. The normalized spacial score (nSPS) is 16.1. The highest BCUT2D eigenvalue weighted by Crippen LogP contribution is 2.40. The summed E-state index contributed by atoms with van der Waals surface area (Å²) >= 11 is 0. The number of esters is 1. The molecular weight excluding hydrogens is 453 g/mol. The lowest BCUT2D eigenvalue weighted by molar-refractivity contribution is -0.622. The van der Waals surface area contributed by atoms with E-state index >= 15 is 0 Å². The molecule has 0 aliphatic heterocycles. The number of hydrogen-bond donors (Lipinski definition) is 2. The monoisotopic (exact) mass is 508 g/mol. The molecule has 4 atom stereocenters. The predicted molar refractivity (Wildman–Crippen MR) is 139 cm³/mol. The maximum absolute atomic E-state index is 12.0. The molecule has 3 N–H and O–H groups in total. The first-order valence-corrected chi connectivity index (χ1v) is 15.5. The Hall–Kier alpha value is -0.460. The number of carbonyl (C=O) groups excluding carboxylic acids is 1. The van der Waals surface area contributed by atoms with Crippen molar-refractivity contribution >= 4 is 13.6 Å². The average Bonchev–Trinajstić information content (AvgIpc) is 2.77. The van der Waals surface area contributed by atoms with E-state index in [9.17, 15) is 14.3 Å². The quantitative estimate of drug-likeness (QED) is 0.104. The topological polar surface area (TPSA) is 98.7 Å². The molecule has 4 unspecified atom stereocenters. The largest absolute Gasteiger partial charge is 0.458 e. The molecule has 0 saturated heterocycles. The van der Waals surface area contributed by atoms with Crippen molar-refractivity contribution in [3.05, 3.63) is 0 Å². The van der Waals surface area contributed by atoms with Crippen LogP contribution < -0.4 is 5.32 Å². The second-order valence-electron chi connectivity index (χ2n) is 10.0. The number of quaternary nitrogens is 1. The highest BCUT2D eigenvalue weighted by atomic mass is 31.2. The fourth-order valence-corrected chi connectivity index (χ4v) is 5.27. The summed E-state index contributed by atoms with van der Waals surface area (Å²) in [5.41, 5.74) is 0. The maximum atomic E-state index is 12.0. The van der Waals surface area contributed by atoms with E-state index in [-0.39, 0.29) is 19.4 Å². The smallest absolute Gasteiger partial charge is 0.333 e. The number of unbranched alkanes of at least 4 members (excludes halogenated alkanes) is 9. The van der Waals surface area contributed by atoms with E-state index < -0.39 is 19.7 Å². The second-order valence-corrected chi connectivity index (χ2v) is 12.0. The summed E-state index contributed by atoms with van der Waals surface area (Å²) < 4.78 is 28.1. The van der Waals surface area contributed by atoms with Crippen molar-refractivity contribution in [1.82, 2.24) is 0 Å². The molecule has 34 heavy (non-hydrogen) atoms. The first-order valence-electron chi connectivity index (χ1n) is 13.7. The molecule has 0 aliphatic carbocycles. The lowest BCUT2D eigenvalue weighted by atomic mass is 9.93. The first kappa shape index (κ1) is 33.5. The summed E-state index contributed by atoms with van der Waals surface area (Å²) in [5.74, 6) is 0.613. The van der Waals surface area contributed by atoms with Gasteiger partial charge in [0.05, 0.1) is 33.0 Å². The van der Waals surface area contributed by atoms with Gasteiger partial charge in [0.25, 0.3) is 0 Å². The van der Waals surface area contributed by atoms with Gasteiger partial charge in [0, 0.05) is 13.5 Å². The minimum atomic E-state index is -3.68. The Morgan fingerprint density at radius 1 is 0.912 bits per heavy atom. The van der Waals surface area contributed by atoms with E-state index in [1.54, 1.807) is 0 Å². The standard InChI is InChI=1S/C26H54NO6P/c1-6-7-8-9-10-11-12-13-14-15-16-23(2)19-24(3)20-31-21-26(33-25(4)28)22-32-34(29,30)18-17-27-5/h23-24,26-27H,6-22H2,1-5H3,(H,29,30)/p+1. The third-order valence-corrected chi connectivity index (χ3v) is 7.43. The van der Waals surface area contributed by atoms with Gasteiger partial charge in [0.2, 0.25) is 0 Å². The zero-order valence-corrected chi connectivity index (χ0v) is 23.7. The highest BCUT2D eigenvalue weighted by Gasteiger charge is 2.24. The van der Waals surface area contributed by atoms with Gasteiger partial charge in [-0.3, -0.25) is 9.36 Å². The molecule has 8 heteroatoms. The number of carbonyl (C=O) groups is 1. The molecule has 7 nitrogen and oxygen atoms in total. The fraction of sp³-hybridized carbons (Fsp3) is 0.962. The van der Waals surface area contributed by atoms with E-state index in [1.807, 2.05) is 12.4 Å². The predicted octanol–water partition coefficient (Wildman–Crippen LogP) is 5.30. The summed E-state index contributed by atoms with van der Waals surface area (Å²) in [6, 6.07) is 0. The SMILES string of the molecule is CCCCCCCCCCCCC(C)CC(C)COCC(COP(=O)(O)CC[NH2+]C)OC(C)=O. The van der Waals surface area contributed by atoms with Gasteiger partial charge in [0.15, 0.2) is 0 Å².